The Bertz CT molecular complexity index is 639. The molecule has 1 heterocycles. The molecule has 0 aliphatic carbocycles. The summed E-state index contributed by atoms with van der Waals surface area (Å²) in [6.07, 6.45) is 0. The van der Waals surface area contributed by atoms with Gasteiger partial charge in [0.15, 0.2) is 11.5 Å². The van der Waals surface area contributed by atoms with Crippen LogP contribution in [0.4, 0.5) is 0 Å². The highest BCUT2D eigenvalue weighted by molar-refractivity contribution is 5.93. The van der Waals surface area contributed by atoms with Crippen LogP contribution in [0, 0.1) is 0 Å². The molecule has 0 aliphatic rings. The summed E-state index contributed by atoms with van der Waals surface area (Å²) in [6.45, 7) is 0.833. The number of amides is 1. The van der Waals surface area contributed by atoms with Gasteiger partial charge in [-0.1, -0.05) is 5.16 Å². The molecule has 0 spiro atoms. The summed E-state index contributed by atoms with van der Waals surface area (Å²) in [6, 6.07) is 6.84. The minimum absolute atomic E-state index is 0.191. The number of carbonyl (C=O) groups is 1. The van der Waals surface area contributed by atoms with Gasteiger partial charge in [0.25, 0.3) is 5.91 Å². The number of carbonyl (C=O) groups excluding carboxylic acids is 1. The van der Waals surface area contributed by atoms with Gasteiger partial charge in [0, 0.05) is 19.7 Å². The normalized spacial score (nSPS) is 10.3. The third kappa shape index (κ3) is 3.56. The highest BCUT2D eigenvalue weighted by Crippen LogP contribution is 2.33. The Kier molecular flexibility index (Phi) is 5.37. The minimum Gasteiger partial charge on any atom is -0.497 e. The number of aromatic nitrogens is 1. The van der Waals surface area contributed by atoms with Gasteiger partial charge in [-0.3, -0.25) is 4.79 Å². The first-order chi connectivity index (χ1) is 10.7. The smallest absolute Gasteiger partial charge is 0.273 e. The maximum atomic E-state index is 11.9. The number of nitrogens with one attached hydrogen (secondary N) is 1. The quantitative estimate of drug-likeness (QED) is 0.785. The van der Waals surface area contributed by atoms with Gasteiger partial charge in [0.1, 0.15) is 11.5 Å². The van der Waals surface area contributed by atoms with Crippen molar-refractivity contribution < 1.29 is 23.5 Å². The fourth-order valence-corrected chi connectivity index (χ4v) is 1.87. The van der Waals surface area contributed by atoms with Gasteiger partial charge in [-0.25, -0.2) is 0 Å². The molecule has 1 amide bonds. The van der Waals surface area contributed by atoms with Crippen LogP contribution in [-0.4, -0.2) is 45.5 Å². The fraction of sp³-hybridized carbons (Fsp3) is 0.333. The number of methoxy groups -OCH3 is 3. The zero-order valence-electron chi connectivity index (χ0n) is 12.7. The van der Waals surface area contributed by atoms with Crippen molar-refractivity contribution in [3.05, 3.63) is 30.0 Å². The molecule has 7 heteroatoms. The van der Waals surface area contributed by atoms with E-state index >= 15 is 0 Å². The first-order valence-corrected chi connectivity index (χ1v) is 6.66. The van der Waals surface area contributed by atoms with Gasteiger partial charge in [-0.15, -0.1) is 0 Å². The topological polar surface area (TPSA) is 82.8 Å². The van der Waals surface area contributed by atoms with E-state index in [4.69, 9.17) is 18.7 Å². The van der Waals surface area contributed by atoms with Crippen molar-refractivity contribution in [2.75, 3.05) is 34.5 Å². The van der Waals surface area contributed by atoms with Crippen molar-refractivity contribution in [1.29, 1.82) is 0 Å². The molecule has 7 nitrogen and oxygen atoms in total. The van der Waals surface area contributed by atoms with Crippen molar-refractivity contribution in [1.82, 2.24) is 10.5 Å². The van der Waals surface area contributed by atoms with E-state index in [2.05, 4.69) is 10.5 Å². The van der Waals surface area contributed by atoms with Crippen LogP contribution in [0.2, 0.25) is 0 Å². The van der Waals surface area contributed by atoms with Crippen LogP contribution in [-0.2, 0) is 4.74 Å². The SMILES string of the molecule is COCCNC(=O)c1cc(-c2cc(OC)ccc2OC)on1. The molecule has 1 N–H and O–H groups in total. The lowest BCUT2D eigenvalue weighted by Crippen LogP contribution is -2.27. The Morgan fingerprint density at radius 1 is 1.23 bits per heavy atom. The molecule has 118 valence electrons. The molecular weight excluding hydrogens is 288 g/mol. The van der Waals surface area contributed by atoms with Gasteiger partial charge >= 0.3 is 0 Å². The summed E-state index contributed by atoms with van der Waals surface area (Å²) < 4.78 is 20.6. The number of benzene rings is 1. The van der Waals surface area contributed by atoms with Crippen molar-refractivity contribution in [2.45, 2.75) is 0 Å². The average Bonchev–Trinajstić information content (AvgIpc) is 3.04. The number of rotatable bonds is 7. The second-order valence-electron chi connectivity index (χ2n) is 4.39. The molecule has 1 aromatic heterocycles. The minimum atomic E-state index is -0.325. The summed E-state index contributed by atoms with van der Waals surface area (Å²) in [7, 11) is 4.69. The van der Waals surface area contributed by atoms with Crippen LogP contribution in [0.25, 0.3) is 11.3 Å². The lowest BCUT2D eigenvalue weighted by molar-refractivity contribution is 0.0928. The predicted octanol–water partition coefficient (Wildman–Crippen LogP) is 1.73. The second kappa shape index (κ2) is 7.46. The highest BCUT2D eigenvalue weighted by atomic mass is 16.5. The second-order valence-corrected chi connectivity index (χ2v) is 4.39. The summed E-state index contributed by atoms with van der Waals surface area (Å²) in [5.41, 5.74) is 0.848. The van der Waals surface area contributed by atoms with Crippen LogP contribution < -0.4 is 14.8 Å². The third-order valence-electron chi connectivity index (χ3n) is 3.01. The zero-order chi connectivity index (χ0) is 15.9. The van der Waals surface area contributed by atoms with Crippen LogP contribution in [0.15, 0.2) is 28.8 Å². The lowest BCUT2D eigenvalue weighted by atomic mass is 10.1. The Hall–Kier alpha value is -2.54. The fourth-order valence-electron chi connectivity index (χ4n) is 1.87. The Labute approximate surface area is 128 Å². The average molecular weight is 306 g/mol. The van der Waals surface area contributed by atoms with E-state index < -0.39 is 0 Å². The van der Waals surface area contributed by atoms with Crippen LogP contribution >= 0.6 is 0 Å². The number of ether oxygens (including phenoxy) is 3. The van der Waals surface area contributed by atoms with Crippen molar-refractivity contribution in [2.24, 2.45) is 0 Å². The summed E-state index contributed by atoms with van der Waals surface area (Å²) in [4.78, 5) is 11.9. The first kappa shape index (κ1) is 15.8. The largest absolute Gasteiger partial charge is 0.497 e. The van der Waals surface area contributed by atoms with E-state index in [-0.39, 0.29) is 11.6 Å². The molecule has 0 saturated heterocycles. The monoisotopic (exact) mass is 306 g/mol. The van der Waals surface area contributed by atoms with E-state index in [1.54, 1.807) is 45.6 Å². The molecule has 0 radical (unpaired) electrons. The zero-order valence-corrected chi connectivity index (χ0v) is 12.7. The van der Waals surface area contributed by atoms with E-state index in [1.807, 2.05) is 0 Å². The molecule has 0 aliphatic heterocycles. The summed E-state index contributed by atoms with van der Waals surface area (Å²) in [5, 5.41) is 6.45. The molecule has 1 aromatic carbocycles. The van der Waals surface area contributed by atoms with Gasteiger partial charge in [-0.05, 0) is 18.2 Å². The van der Waals surface area contributed by atoms with Gasteiger partial charge < -0.3 is 24.1 Å². The van der Waals surface area contributed by atoms with Gasteiger partial charge in [0.05, 0.1) is 26.4 Å². The molecule has 0 atom stereocenters. The summed E-state index contributed by atoms with van der Waals surface area (Å²) in [5.74, 6) is 1.35. The molecular formula is C15H18N2O5. The van der Waals surface area contributed by atoms with E-state index in [1.165, 1.54) is 0 Å². The molecule has 0 bridgehead atoms. The molecule has 0 unspecified atom stereocenters. The van der Waals surface area contributed by atoms with E-state index in [9.17, 15) is 4.79 Å². The predicted molar refractivity (Wildman–Crippen MR) is 79.3 cm³/mol. The van der Waals surface area contributed by atoms with Crippen molar-refractivity contribution in [3.63, 3.8) is 0 Å². The van der Waals surface area contributed by atoms with E-state index in [0.29, 0.717) is 36.0 Å². The van der Waals surface area contributed by atoms with Gasteiger partial charge in [0.2, 0.25) is 0 Å². The lowest BCUT2D eigenvalue weighted by Gasteiger charge is -2.07. The first-order valence-electron chi connectivity index (χ1n) is 6.66. The van der Waals surface area contributed by atoms with Gasteiger partial charge in [-0.2, -0.15) is 0 Å². The van der Waals surface area contributed by atoms with Crippen LogP contribution in [0.5, 0.6) is 11.5 Å². The van der Waals surface area contributed by atoms with Crippen LogP contribution in [0.3, 0.4) is 0 Å². The number of hydrogen-bond acceptors (Lipinski definition) is 6. The Balaban J connectivity index is 2.22. The molecule has 2 aromatic rings. The summed E-state index contributed by atoms with van der Waals surface area (Å²) >= 11 is 0. The van der Waals surface area contributed by atoms with Crippen molar-refractivity contribution >= 4 is 5.91 Å². The molecule has 22 heavy (non-hydrogen) atoms. The maximum absolute atomic E-state index is 11.9. The molecule has 0 saturated carbocycles. The Morgan fingerprint density at radius 2 is 2.05 bits per heavy atom. The molecule has 2 rings (SSSR count). The molecule has 0 fully saturated rings. The maximum Gasteiger partial charge on any atom is 0.273 e. The number of hydrogen-bond donors (Lipinski definition) is 1. The standard InChI is InChI=1S/C15H18N2O5/c1-19-7-6-16-15(18)12-9-14(22-17-12)11-8-10(20-2)4-5-13(11)21-3/h4-5,8-9H,6-7H2,1-3H3,(H,16,18). The van der Waals surface area contributed by atoms with Crippen LogP contribution in [0.1, 0.15) is 10.5 Å². The Morgan fingerprint density at radius 3 is 2.73 bits per heavy atom. The van der Waals surface area contributed by atoms with Crippen molar-refractivity contribution in [3.8, 4) is 22.8 Å². The number of nitrogens with zero attached hydrogens (tertiary/aromatic N) is 1. The third-order valence-corrected chi connectivity index (χ3v) is 3.01. The highest BCUT2D eigenvalue weighted by Gasteiger charge is 2.16. The van der Waals surface area contributed by atoms with E-state index in [0.717, 1.165) is 0 Å².